The maximum absolute atomic E-state index is 6.13. The van der Waals surface area contributed by atoms with E-state index in [2.05, 4.69) is 9.89 Å². The first-order valence-electron chi connectivity index (χ1n) is 7.53. The van der Waals surface area contributed by atoms with Gasteiger partial charge in [-0.3, -0.25) is 9.89 Å². The molecule has 4 N–H and O–H groups in total. The van der Waals surface area contributed by atoms with Crippen LogP contribution in [0.1, 0.15) is 5.56 Å². The SMILES string of the molecule is CN=C(C(Cl)=CN)c1cc(N)ccc1OCCN1CCOCC1. The summed E-state index contributed by atoms with van der Waals surface area (Å²) < 4.78 is 11.3. The third-order valence-corrected chi connectivity index (χ3v) is 3.93. The number of hydrogen-bond donors (Lipinski definition) is 2. The van der Waals surface area contributed by atoms with E-state index in [1.54, 1.807) is 19.2 Å². The van der Waals surface area contributed by atoms with E-state index in [0.29, 0.717) is 28.8 Å². The summed E-state index contributed by atoms with van der Waals surface area (Å²) in [7, 11) is 1.65. The Labute approximate surface area is 141 Å². The lowest BCUT2D eigenvalue weighted by molar-refractivity contribution is 0.0322. The Bertz CT molecular complexity index is 583. The van der Waals surface area contributed by atoms with Crippen molar-refractivity contribution in [3.8, 4) is 5.75 Å². The predicted octanol–water partition coefficient (Wildman–Crippen LogP) is 1.44. The molecule has 0 spiro atoms. The molecule has 1 saturated heterocycles. The monoisotopic (exact) mass is 338 g/mol. The van der Waals surface area contributed by atoms with E-state index in [9.17, 15) is 0 Å². The number of nitrogens with two attached hydrogens (primary N) is 2. The van der Waals surface area contributed by atoms with Crippen LogP contribution in [0.15, 0.2) is 34.4 Å². The normalized spacial score (nSPS) is 17.3. The van der Waals surface area contributed by atoms with Crippen LogP contribution in [0, 0.1) is 0 Å². The zero-order valence-corrected chi connectivity index (χ0v) is 14.1. The fourth-order valence-corrected chi connectivity index (χ4v) is 2.59. The van der Waals surface area contributed by atoms with Gasteiger partial charge in [-0.05, 0) is 18.2 Å². The topological polar surface area (TPSA) is 86.1 Å². The summed E-state index contributed by atoms with van der Waals surface area (Å²) in [5.41, 5.74) is 13.3. The average Bonchev–Trinajstić information content (AvgIpc) is 2.58. The number of rotatable bonds is 6. The van der Waals surface area contributed by atoms with Gasteiger partial charge in [0.05, 0.1) is 24.0 Å². The van der Waals surface area contributed by atoms with Crippen molar-refractivity contribution < 1.29 is 9.47 Å². The number of benzene rings is 1. The molecule has 1 aliphatic rings. The third-order valence-electron chi connectivity index (χ3n) is 3.62. The van der Waals surface area contributed by atoms with Gasteiger partial charge in [0.25, 0.3) is 0 Å². The molecule has 0 saturated carbocycles. The Morgan fingerprint density at radius 3 is 2.83 bits per heavy atom. The Kier molecular flexibility index (Phi) is 6.70. The molecule has 2 rings (SSSR count). The van der Waals surface area contributed by atoms with Crippen LogP contribution in [0.2, 0.25) is 0 Å². The van der Waals surface area contributed by atoms with Gasteiger partial charge in [0.15, 0.2) is 0 Å². The molecule has 0 aromatic heterocycles. The molecule has 1 aromatic rings. The van der Waals surface area contributed by atoms with Gasteiger partial charge in [0.2, 0.25) is 0 Å². The van der Waals surface area contributed by atoms with E-state index in [0.717, 1.165) is 38.4 Å². The first-order chi connectivity index (χ1) is 11.2. The molecule has 0 atom stereocenters. The molecule has 6 nitrogen and oxygen atoms in total. The van der Waals surface area contributed by atoms with Crippen LogP contribution in [0.3, 0.4) is 0 Å². The second-order valence-electron chi connectivity index (χ2n) is 5.14. The van der Waals surface area contributed by atoms with Crippen molar-refractivity contribution in [3.63, 3.8) is 0 Å². The second kappa shape index (κ2) is 8.76. The van der Waals surface area contributed by atoms with Gasteiger partial charge < -0.3 is 20.9 Å². The first kappa shape index (κ1) is 17.6. The standard InChI is InChI=1S/C16H23ClN4O2/c1-20-16(14(17)11-18)13-10-12(19)2-3-15(13)23-9-6-21-4-7-22-8-5-21/h2-3,10-11H,4-9,18-19H2,1H3. The number of halogens is 1. The largest absolute Gasteiger partial charge is 0.492 e. The van der Waals surface area contributed by atoms with E-state index in [1.165, 1.54) is 6.20 Å². The lowest BCUT2D eigenvalue weighted by atomic mass is 10.1. The zero-order valence-electron chi connectivity index (χ0n) is 13.3. The lowest BCUT2D eigenvalue weighted by Gasteiger charge is -2.26. The van der Waals surface area contributed by atoms with Crippen LogP contribution in [0.25, 0.3) is 0 Å². The van der Waals surface area contributed by atoms with Crippen LogP contribution >= 0.6 is 11.6 Å². The van der Waals surface area contributed by atoms with Crippen LogP contribution in [-0.4, -0.2) is 57.1 Å². The van der Waals surface area contributed by atoms with Crippen molar-refractivity contribution in [1.82, 2.24) is 4.90 Å². The lowest BCUT2D eigenvalue weighted by Crippen LogP contribution is -2.38. The summed E-state index contributed by atoms with van der Waals surface area (Å²) in [4.78, 5) is 6.51. The van der Waals surface area contributed by atoms with E-state index in [1.807, 2.05) is 6.07 Å². The van der Waals surface area contributed by atoms with Crippen molar-refractivity contribution in [2.45, 2.75) is 0 Å². The molecule has 7 heteroatoms. The zero-order chi connectivity index (χ0) is 16.7. The molecule has 1 aliphatic heterocycles. The number of hydrogen-bond acceptors (Lipinski definition) is 6. The highest BCUT2D eigenvalue weighted by molar-refractivity contribution is 6.46. The molecule has 0 amide bonds. The molecular formula is C16H23ClN4O2. The van der Waals surface area contributed by atoms with E-state index in [-0.39, 0.29) is 0 Å². The predicted molar refractivity (Wildman–Crippen MR) is 94.2 cm³/mol. The summed E-state index contributed by atoms with van der Waals surface area (Å²) in [6.45, 7) is 4.82. The van der Waals surface area contributed by atoms with E-state index in [4.69, 9.17) is 32.5 Å². The number of nitrogen functional groups attached to an aromatic ring is 1. The molecule has 1 aromatic carbocycles. The minimum atomic E-state index is 0.358. The van der Waals surface area contributed by atoms with Crippen molar-refractivity contribution in [1.29, 1.82) is 0 Å². The number of morpholine rings is 1. The van der Waals surface area contributed by atoms with E-state index >= 15 is 0 Å². The number of nitrogens with zero attached hydrogens (tertiary/aromatic N) is 2. The molecule has 1 fully saturated rings. The van der Waals surface area contributed by atoms with Crippen LogP contribution < -0.4 is 16.2 Å². The summed E-state index contributed by atoms with van der Waals surface area (Å²) >= 11 is 6.13. The number of aliphatic imine (C=N–C) groups is 1. The molecular weight excluding hydrogens is 316 g/mol. The molecule has 126 valence electrons. The number of anilines is 1. The molecule has 1 heterocycles. The Morgan fingerprint density at radius 2 is 2.17 bits per heavy atom. The van der Waals surface area contributed by atoms with Gasteiger partial charge in [0, 0.05) is 44.1 Å². The van der Waals surface area contributed by atoms with Crippen LogP contribution in [-0.2, 0) is 4.74 Å². The Balaban J connectivity index is 2.08. The van der Waals surface area contributed by atoms with Gasteiger partial charge in [-0.25, -0.2) is 0 Å². The second-order valence-corrected chi connectivity index (χ2v) is 5.55. The quantitative estimate of drug-likeness (QED) is 0.605. The molecule has 23 heavy (non-hydrogen) atoms. The van der Waals surface area contributed by atoms with Gasteiger partial charge in [-0.15, -0.1) is 0 Å². The van der Waals surface area contributed by atoms with Crippen molar-refractivity contribution in [3.05, 3.63) is 35.0 Å². The number of allylic oxidation sites excluding steroid dienone is 1. The first-order valence-corrected chi connectivity index (χ1v) is 7.91. The third kappa shape index (κ3) is 4.86. The average molecular weight is 339 g/mol. The number of ether oxygens (including phenoxy) is 2. The Morgan fingerprint density at radius 1 is 1.43 bits per heavy atom. The maximum atomic E-state index is 6.13. The van der Waals surface area contributed by atoms with E-state index < -0.39 is 0 Å². The highest BCUT2D eigenvalue weighted by atomic mass is 35.5. The minimum Gasteiger partial charge on any atom is -0.492 e. The van der Waals surface area contributed by atoms with Gasteiger partial charge in [-0.1, -0.05) is 11.6 Å². The minimum absolute atomic E-state index is 0.358. The summed E-state index contributed by atoms with van der Waals surface area (Å²) in [5.74, 6) is 0.688. The highest BCUT2D eigenvalue weighted by Crippen LogP contribution is 2.26. The summed E-state index contributed by atoms with van der Waals surface area (Å²) in [5, 5.41) is 0.358. The molecule has 0 bridgehead atoms. The van der Waals surface area contributed by atoms with Crippen LogP contribution in [0.5, 0.6) is 5.75 Å². The van der Waals surface area contributed by atoms with Crippen molar-refractivity contribution in [2.24, 2.45) is 10.7 Å². The summed E-state index contributed by atoms with van der Waals surface area (Å²) in [6, 6.07) is 5.41. The fraction of sp³-hybridized carbons (Fsp3) is 0.438. The van der Waals surface area contributed by atoms with Crippen LogP contribution in [0.4, 0.5) is 5.69 Å². The Hall–Kier alpha value is -1.76. The molecule has 0 unspecified atom stereocenters. The highest BCUT2D eigenvalue weighted by Gasteiger charge is 2.15. The molecule has 0 aliphatic carbocycles. The summed E-state index contributed by atoms with van der Waals surface area (Å²) in [6.07, 6.45) is 1.31. The van der Waals surface area contributed by atoms with Gasteiger partial charge in [-0.2, -0.15) is 0 Å². The van der Waals surface area contributed by atoms with Gasteiger partial charge in [0.1, 0.15) is 12.4 Å². The molecule has 0 radical (unpaired) electrons. The maximum Gasteiger partial charge on any atom is 0.128 e. The van der Waals surface area contributed by atoms with Crippen molar-refractivity contribution >= 4 is 23.0 Å². The smallest absolute Gasteiger partial charge is 0.128 e. The van der Waals surface area contributed by atoms with Gasteiger partial charge >= 0.3 is 0 Å². The van der Waals surface area contributed by atoms with Crippen molar-refractivity contribution in [2.75, 3.05) is 52.2 Å². The fourth-order valence-electron chi connectivity index (χ4n) is 2.40.